The van der Waals surface area contributed by atoms with Gasteiger partial charge < -0.3 is 10.1 Å². The molecule has 0 fully saturated rings. The van der Waals surface area contributed by atoms with Gasteiger partial charge >= 0.3 is 0 Å². The fourth-order valence-corrected chi connectivity index (χ4v) is 4.72. The van der Waals surface area contributed by atoms with E-state index in [-0.39, 0.29) is 5.91 Å². The molecule has 0 aliphatic carbocycles. The first-order chi connectivity index (χ1) is 17.7. The number of pyridine rings is 1. The first-order valence-electron chi connectivity index (χ1n) is 11.4. The third-order valence-electron chi connectivity index (χ3n) is 5.64. The molecule has 0 spiro atoms. The van der Waals surface area contributed by atoms with E-state index in [0.29, 0.717) is 12.1 Å². The second kappa shape index (κ2) is 10.9. The second-order valence-corrected chi connectivity index (χ2v) is 9.15. The molecule has 0 aliphatic heterocycles. The molecule has 2 heterocycles. The number of benzene rings is 3. The number of amides is 1. The minimum absolute atomic E-state index is 0.113. The maximum Gasteiger partial charge on any atom is 0.252 e. The van der Waals surface area contributed by atoms with Crippen LogP contribution in [0.2, 0.25) is 0 Å². The van der Waals surface area contributed by atoms with Crippen molar-refractivity contribution in [2.24, 2.45) is 0 Å². The van der Waals surface area contributed by atoms with Crippen LogP contribution < -0.4 is 10.1 Å². The zero-order valence-electron chi connectivity index (χ0n) is 19.6. The Morgan fingerprint density at radius 1 is 1.00 bits per heavy atom. The number of fused-ring (bicyclic) bond motifs is 1. The Morgan fingerprint density at radius 3 is 2.64 bits per heavy atom. The minimum Gasteiger partial charge on any atom is -0.497 e. The van der Waals surface area contributed by atoms with Gasteiger partial charge in [-0.2, -0.15) is 5.10 Å². The first-order valence-corrected chi connectivity index (χ1v) is 12.3. The highest BCUT2D eigenvalue weighted by Crippen LogP contribution is 2.33. The highest BCUT2D eigenvalue weighted by Gasteiger charge is 2.13. The molecule has 5 aromatic rings. The third kappa shape index (κ3) is 5.47. The Kier molecular flexibility index (Phi) is 7.10. The van der Waals surface area contributed by atoms with Crippen LogP contribution in [0.3, 0.4) is 0 Å². The summed E-state index contributed by atoms with van der Waals surface area (Å²) in [4.78, 5) is 19.2. The Labute approximate surface area is 213 Å². The third-order valence-corrected chi connectivity index (χ3v) is 6.70. The van der Waals surface area contributed by atoms with Crippen LogP contribution in [0.4, 0.5) is 0 Å². The monoisotopic (exact) mass is 492 g/mol. The van der Waals surface area contributed by atoms with Gasteiger partial charge in [0.05, 0.1) is 29.6 Å². The van der Waals surface area contributed by atoms with Crippen molar-refractivity contribution in [1.29, 1.82) is 0 Å². The number of methoxy groups -OCH3 is 1. The number of hydrogen-bond donors (Lipinski definition) is 2. The van der Waals surface area contributed by atoms with Crippen LogP contribution >= 0.6 is 11.8 Å². The lowest BCUT2D eigenvalue weighted by molar-refractivity contribution is 0.0948. The van der Waals surface area contributed by atoms with Crippen LogP contribution in [0, 0.1) is 0 Å². The minimum atomic E-state index is -0.113. The van der Waals surface area contributed by atoms with E-state index in [1.807, 2.05) is 91.0 Å². The van der Waals surface area contributed by atoms with E-state index in [0.717, 1.165) is 43.4 Å². The topological polar surface area (TPSA) is 79.9 Å². The van der Waals surface area contributed by atoms with Crippen molar-refractivity contribution in [3.63, 3.8) is 0 Å². The summed E-state index contributed by atoms with van der Waals surface area (Å²) in [7, 11) is 1.63. The van der Waals surface area contributed by atoms with Gasteiger partial charge in [0, 0.05) is 27.9 Å². The van der Waals surface area contributed by atoms with Crippen molar-refractivity contribution in [2.75, 3.05) is 7.11 Å². The highest BCUT2D eigenvalue weighted by atomic mass is 32.2. The molecule has 0 radical (unpaired) electrons. The number of aromatic amines is 1. The van der Waals surface area contributed by atoms with Gasteiger partial charge in [-0.3, -0.25) is 14.9 Å². The molecule has 0 saturated carbocycles. The SMILES string of the molecule is COc1ccc(CNC(=O)c2ccccc2Sc2ccc3c(/C=C/c4ccccn4)n[nH]c3c2)cc1. The molecule has 178 valence electrons. The van der Waals surface area contributed by atoms with E-state index in [2.05, 4.69) is 26.6 Å². The van der Waals surface area contributed by atoms with Crippen molar-refractivity contribution >= 4 is 40.7 Å². The average Bonchev–Trinajstić information content (AvgIpc) is 3.34. The number of nitrogens with zero attached hydrogens (tertiary/aromatic N) is 2. The molecule has 2 aromatic heterocycles. The largest absolute Gasteiger partial charge is 0.497 e. The van der Waals surface area contributed by atoms with Crippen LogP contribution in [0.15, 0.2) is 101 Å². The summed E-state index contributed by atoms with van der Waals surface area (Å²) in [5.74, 6) is 0.677. The molecule has 0 atom stereocenters. The summed E-state index contributed by atoms with van der Waals surface area (Å²) >= 11 is 1.55. The molecule has 6 nitrogen and oxygen atoms in total. The van der Waals surface area contributed by atoms with Gasteiger partial charge in [-0.05, 0) is 72.3 Å². The molecule has 5 rings (SSSR count). The van der Waals surface area contributed by atoms with Gasteiger partial charge in [0.1, 0.15) is 5.75 Å². The van der Waals surface area contributed by atoms with Gasteiger partial charge in [0.25, 0.3) is 5.91 Å². The number of aromatic nitrogens is 3. The molecule has 36 heavy (non-hydrogen) atoms. The lowest BCUT2D eigenvalue weighted by Gasteiger charge is -2.10. The molecule has 0 saturated heterocycles. The lowest BCUT2D eigenvalue weighted by atomic mass is 10.2. The number of rotatable bonds is 8. The molecule has 7 heteroatoms. The van der Waals surface area contributed by atoms with Gasteiger partial charge in [-0.1, -0.05) is 42.1 Å². The fraction of sp³-hybridized carbons (Fsp3) is 0.0690. The predicted molar refractivity (Wildman–Crippen MR) is 144 cm³/mol. The van der Waals surface area contributed by atoms with Crippen LogP contribution in [0.1, 0.15) is 27.3 Å². The quantitative estimate of drug-likeness (QED) is 0.269. The van der Waals surface area contributed by atoms with Crippen LogP contribution in [0.25, 0.3) is 23.1 Å². The van der Waals surface area contributed by atoms with Crippen molar-refractivity contribution in [2.45, 2.75) is 16.3 Å². The number of H-pyrrole nitrogens is 1. The summed E-state index contributed by atoms with van der Waals surface area (Å²) in [6, 6.07) is 27.2. The zero-order valence-corrected chi connectivity index (χ0v) is 20.5. The van der Waals surface area contributed by atoms with Crippen LogP contribution in [0.5, 0.6) is 5.75 Å². The van der Waals surface area contributed by atoms with Crippen molar-refractivity contribution in [1.82, 2.24) is 20.5 Å². The normalized spacial score (nSPS) is 11.1. The van der Waals surface area contributed by atoms with Crippen LogP contribution in [-0.2, 0) is 6.54 Å². The van der Waals surface area contributed by atoms with E-state index in [1.54, 1.807) is 25.1 Å². The van der Waals surface area contributed by atoms with E-state index >= 15 is 0 Å². The molecule has 0 bridgehead atoms. The second-order valence-electron chi connectivity index (χ2n) is 8.03. The predicted octanol–water partition coefficient (Wildman–Crippen LogP) is 6.22. The zero-order chi connectivity index (χ0) is 24.7. The average molecular weight is 493 g/mol. The molecular weight excluding hydrogens is 468 g/mol. The maximum atomic E-state index is 13.0. The Hall–Kier alpha value is -4.36. The standard InChI is InChI=1S/C29H24N4O2S/c1-35-22-12-9-20(10-13-22)19-31-29(34)25-7-2-3-8-28(25)36-23-14-15-24-26(32-33-27(24)18-23)16-11-21-6-4-5-17-30-21/h2-18H,19H2,1H3,(H,31,34)(H,32,33)/b16-11+. The molecule has 0 unspecified atom stereocenters. The number of carbonyl (C=O) groups excluding carboxylic acids is 1. The van der Waals surface area contributed by atoms with Gasteiger partial charge in [-0.15, -0.1) is 0 Å². The van der Waals surface area contributed by atoms with E-state index in [4.69, 9.17) is 4.74 Å². The molecule has 3 aromatic carbocycles. The Bertz CT molecular complexity index is 1510. The van der Waals surface area contributed by atoms with E-state index in [9.17, 15) is 4.79 Å². The van der Waals surface area contributed by atoms with Gasteiger partial charge in [0.15, 0.2) is 0 Å². The highest BCUT2D eigenvalue weighted by molar-refractivity contribution is 7.99. The van der Waals surface area contributed by atoms with E-state index in [1.165, 1.54) is 0 Å². The lowest BCUT2D eigenvalue weighted by Crippen LogP contribution is -2.23. The number of carbonyl (C=O) groups is 1. The number of ether oxygens (including phenoxy) is 1. The number of hydrogen-bond acceptors (Lipinski definition) is 5. The molecule has 2 N–H and O–H groups in total. The summed E-state index contributed by atoms with van der Waals surface area (Å²) in [5, 5.41) is 11.6. The fourth-order valence-electron chi connectivity index (χ4n) is 3.74. The van der Waals surface area contributed by atoms with Crippen molar-refractivity contribution in [3.8, 4) is 5.75 Å². The number of nitrogens with one attached hydrogen (secondary N) is 2. The summed E-state index contributed by atoms with van der Waals surface area (Å²) in [6.45, 7) is 0.441. The molecular formula is C29H24N4O2S. The molecule has 1 amide bonds. The maximum absolute atomic E-state index is 13.0. The van der Waals surface area contributed by atoms with Gasteiger partial charge in [-0.25, -0.2) is 0 Å². The first kappa shape index (κ1) is 23.4. The van der Waals surface area contributed by atoms with E-state index < -0.39 is 0 Å². The smallest absolute Gasteiger partial charge is 0.252 e. The van der Waals surface area contributed by atoms with Crippen molar-refractivity contribution in [3.05, 3.63) is 114 Å². The van der Waals surface area contributed by atoms with Crippen LogP contribution in [-0.4, -0.2) is 28.2 Å². The summed E-state index contributed by atoms with van der Waals surface area (Å²) in [5.41, 5.74) is 4.31. The summed E-state index contributed by atoms with van der Waals surface area (Å²) < 4.78 is 5.19. The molecule has 0 aliphatic rings. The summed E-state index contributed by atoms with van der Waals surface area (Å²) in [6.07, 6.45) is 5.67. The Balaban J connectivity index is 1.30. The van der Waals surface area contributed by atoms with Crippen molar-refractivity contribution < 1.29 is 9.53 Å². The van der Waals surface area contributed by atoms with Gasteiger partial charge in [0.2, 0.25) is 0 Å². The Morgan fingerprint density at radius 2 is 1.83 bits per heavy atom.